The number of isocyanates is 1. The lowest BCUT2D eigenvalue weighted by Crippen LogP contribution is -2.72. The minimum Gasteiger partial charge on any atom is -0.480 e. The molecule has 1 aliphatic carbocycles. The molecule has 8 nitrogen and oxygen atoms in total. The van der Waals surface area contributed by atoms with Gasteiger partial charge in [-0.3, -0.25) is 9.59 Å². The van der Waals surface area contributed by atoms with E-state index in [9.17, 15) is 24.3 Å². The van der Waals surface area contributed by atoms with Gasteiger partial charge in [-0.25, -0.2) is 9.59 Å². The summed E-state index contributed by atoms with van der Waals surface area (Å²) in [6.45, 7) is 3.56. The van der Waals surface area contributed by atoms with Crippen LogP contribution in [0.3, 0.4) is 0 Å². The highest BCUT2D eigenvalue weighted by molar-refractivity contribution is 8.01. The van der Waals surface area contributed by atoms with Gasteiger partial charge in [-0.2, -0.15) is 4.99 Å². The molecule has 1 unspecified atom stereocenters. The van der Waals surface area contributed by atoms with Crippen molar-refractivity contribution in [2.24, 2.45) is 4.99 Å². The van der Waals surface area contributed by atoms with E-state index in [4.69, 9.17) is 0 Å². The van der Waals surface area contributed by atoms with Crippen LogP contribution in [0, 0.1) is 0 Å². The van der Waals surface area contributed by atoms with Gasteiger partial charge in [-0.1, -0.05) is 19.3 Å². The SMILES string of the molecule is CC1(C)S[C@@H]2C(NC(=O)C3(N=C=O)CCCCC3)C(=O)N2[C@H]1C(=O)O. The van der Waals surface area contributed by atoms with Gasteiger partial charge in [0.1, 0.15) is 17.5 Å². The van der Waals surface area contributed by atoms with E-state index in [1.165, 1.54) is 22.7 Å². The minimum absolute atomic E-state index is 0.398. The maximum Gasteiger partial charge on any atom is 0.327 e. The Hall–Kier alpha value is -1.86. The molecular weight excluding hydrogens is 346 g/mol. The molecule has 25 heavy (non-hydrogen) atoms. The molecule has 2 N–H and O–H groups in total. The number of nitrogens with one attached hydrogen (secondary N) is 1. The number of aliphatic imine (C=N–C) groups is 1. The molecule has 3 atom stereocenters. The van der Waals surface area contributed by atoms with E-state index in [0.29, 0.717) is 12.8 Å². The highest BCUT2D eigenvalue weighted by Gasteiger charge is 2.64. The molecule has 0 aromatic heterocycles. The molecule has 0 radical (unpaired) electrons. The number of carbonyl (C=O) groups is 3. The van der Waals surface area contributed by atoms with Crippen molar-refractivity contribution in [3.8, 4) is 0 Å². The van der Waals surface area contributed by atoms with Crippen LogP contribution < -0.4 is 5.32 Å². The summed E-state index contributed by atoms with van der Waals surface area (Å²) in [6, 6.07) is -1.69. The van der Waals surface area contributed by atoms with Crippen LogP contribution >= 0.6 is 11.8 Å². The Morgan fingerprint density at radius 1 is 1.32 bits per heavy atom. The zero-order valence-electron chi connectivity index (χ0n) is 14.2. The maximum absolute atomic E-state index is 12.7. The van der Waals surface area contributed by atoms with Crippen LogP contribution in [0.5, 0.6) is 0 Å². The first-order chi connectivity index (χ1) is 11.7. The summed E-state index contributed by atoms with van der Waals surface area (Å²) in [7, 11) is 0. The summed E-state index contributed by atoms with van der Waals surface area (Å²) in [5, 5.41) is 11.7. The minimum atomic E-state index is -1.15. The van der Waals surface area contributed by atoms with Crippen LogP contribution in [0.4, 0.5) is 0 Å². The summed E-state index contributed by atoms with van der Waals surface area (Å²) in [5.74, 6) is -1.89. The zero-order chi connectivity index (χ0) is 18.4. The Morgan fingerprint density at radius 2 is 1.96 bits per heavy atom. The molecule has 3 fully saturated rings. The second-order valence-corrected chi connectivity index (χ2v) is 9.12. The lowest BCUT2D eigenvalue weighted by atomic mass is 9.81. The van der Waals surface area contributed by atoms with Gasteiger partial charge in [0.05, 0.1) is 0 Å². The topological polar surface area (TPSA) is 116 Å². The lowest BCUT2D eigenvalue weighted by Gasteiger charge is -2.44. The van der Waals surface area contributed by atoms with Crippen molar-refractivity contribution in [2.75, 3.05) is 0 Å². The van der Waals surface area contributed by atoms with Gasteiger partial charge in [0.25, 0.3) is 0 Å². The van der Waals surface area contributed by atoms with E-state index in [-0.39, 0.29) is 0 Å². The van der Waals surface area contributed by atoms with E-state index in [1.807, 2.05) is 0 Å². The Labute approximate surface area is 149 Å². The average molecular weight is 367 g/mol. The predicted molar refractivity (Wildman–Crippen MR) is 89.6 cm³/mol. The van der Waals surface area contributed by atoms with Gasteiger partial charge in [-0.15, -0.1) is 11.8 Å². The Bertz CT molecular complexity index is 667. The van der Waals surface area contributed by atoms with Crippen molar-refractivity contribution >= 4 is 35.6 Å². The third-order valence-electron chi connectivity index (χ3n) is 5.32. The molecule has 2 saturated heterocycles. The van der Waals surface area contributed by atoms with E-state index in [0.717, 1.165) is 19.3 Å². The smallest absolute Gasteiger partial charge is 0.327 e. The number of β-lactam (4-membered cyclic amide) rings is 1. The second kappa shape index (κ2) is 6.14. The maximum atomic E-state index is 12.7. The number of aliphatic carboxylic acids is 1. The first-order valence-corrected chi connectivity index (χ1v) is 9.24. The lowest BCUT2D eigenvalue weighted by molar-refractivity contribution is -0.161. The van der Waals surface area contributed by atoms with Gasteiger partial charge in [0.2, 0.25) is 17.9 Å². The van der Waals surface area contributed by atoms with Crippen LogP contribution in [0.2, 0.25) is 0 Å². The zero-order valence-corrected chi connectivity index (χ0v) is 15.0. The van der Waals surface area contributed by atoms with Gasteiger partial charge in [0.15, 0.2) is 5.54 Å². The summed E-state index contributed by atoms with van der Waals surface area (Å²) >= 11 is 1.37. The van der Waals surface area contributed by atoms with Gasteiger partial charge in [0, 0.05) is 4.75 Å². The number of carbonyl (C=O) groups excluding carboxylic acids is 3. The number of hydrogen-bond donors (Lipinski definition) is 2. The average Bonchev–Trinajstić information content (AvgIpc) is 2.81. The molecule has 0 aromatic carbocycles. The fourth-order valence-electron chi connectivity index (χ4n) is 4.03. The van der Waals surface area contributed by atoms with E-state index >= 15 is 0 Å². The number of amides is 2. The van der Waals surface area contributed by atoms with E-state index < -0.39 is 45.5 Å². The Balaban J connectivity index is 1.76. The largest absolute Gasteiger partial charge is 0.480 e. The van der Waals surface area contributed by atoms with Crippen LogP contribution in [0.15, 0.2) is 4.99 Å². The van der Waals surface area contributed by atoms with Crippen molar-refractivity contribution < 1.29 is 24.3 Å². The van der Waals surface area contributed by atoms with Crippen molar-refractivity contribution in [3.63, 3.8) is 0 Å². The number of rotatable bonds is 4. The molecule has 2 heterocycles. The molecular formula is C16H21N3O5S. The van der Waals surface area contributed by atoms with E-state index in [2.05, 4.69) is 10.3 Å². The molecule has 3 aliphatic rings. The molecule has 0 bridgehead atoms. The number of fused-ring (bicyclic) bond motifs is 1. The normalized spacial score (nSPS) is 32.2. The number of carboxylic acids is 1. The van der Waals surface area contributed by atoms with Crippen LogP contribution in [-0.2, 0) is 19.2 Å². The fourth-order valence-corrected chi connectivity index (χ4v) is 5.66. The van der Waals surface area contributed by atoms with E-state index in [1.54, 1.807) is 13.8 Å². The van der Waals surface area contributed by atoms with Gasteiger partial charge in [-0.05, 0) is 26.7 Å². The van der Waals surface area contributed by atoms with Gasteiger partial charge < -0.3 is 15.3 Å². The monoisotopic (exact) mass is 367 g/mol. The summed E-state index contributed by atoms with van der Waals surface area (Å²) < 4.78 is -0.644. The van der Waals surface area contributed by atoms with Crippen molar-refractivity contribution in [3.05, 3.63) is 0 Å². The first kappa shape index (κ1) is 17.9. The van der Waals surface area contributed by atoms with Crippen molar-refractivity contribution in [1.82, 2.24) is 10.2 Å². The molecule has 9 heteroatoms. The molecule has 1 saturated carbocycles. The molecule has 2 aliphatic heterocycles. The van der Waals surface area contributed by atoms with Crippen LogP contribution in [0.25, 0.3) is 0 Å². The van der Waals surface area contributed by atoms with Gasteiger partial charge >= 0.3 is 5.97 Å². The number of carboxylic acid groups (broad SMARTS) is 1. The highest BCUT2D eigenvalue weighted by Crippen LogP contribution is 2.51. The van der Waals surface area contributed by atoms with Crippen molar-refractivity contribution in [2.45, 2.75) is 73.7 Å². The standard InChI is InChI=1S/C16H21N3O5S/c1-15(2)10(13(22)23)19-11(21)9(12(19)25-15)18-14(24)16(17-8-20)6-4-3-5-7-16/h9-10,12H,3-7H2,1-2H3,(H,18,24)(H,22,23)/t9?,10-,12+/m0/s1. The molecule has 2 amide bonds. The molecule has 0 spiro atoms. The molecule has 3 rings (SSSR count). The molecule has 0 aromatic rings. The number of nitrogens with zero attached hydrogens (tertiary/aromatic N) is 2. The van der Waals surface area contributed by atoms with Crippen molar-refractivity contribution in [1.29, 1.82) is 0 Å². The molecule has 136 valence electrons. The Kier molecular flexibility index (Phi) is 4.41. The summed E-state index contributed by atoms with van der Waals surface area (Å²) in [4.78, 5) is 52.6. The van der Waals surface area contributed by atoms with Crippen LogP contribution in [0.1, 0.15) is 46.0 Å². The fraction of sp³-hybridized carbons (Fsp3) is 0.750. The third kappa shape index (κ3) is 2.75. The third-order valence-corrected chi connectivity index (χ3v) is 6.90. The predicted octanol–water partition coefficient (Wildman–Crippen LogP) is 0.657. The second-order valence-electron chi connectivity index (χ2n) is 7.34. The number of thioether (sulfide) groups is 1. The summed E-state index contributed by atoms with van der Waals surface area (Å²) in [5.41, 5.74) is -1.15. The Morgan fingerprint density at radius 3 is 2.52 bits per heavy atom. The van der Waals surface area contributed by atoms with Crippen LogP contribution in [-0.4, -0.2) is 61.6 Å². The number of hydrogen-bond acceptors (Lipinski definition) is 6. The first-order valence-electron chi connectivity index (χ1n) is 8.36. The highest BCUT2D eigenvalue weighted by atomic mass is 32.2. The quantitative estimate of drug-likeness (QED) is 0.428. The summed E-state index contributed by atoms with van der Waals surface area (Å²) in [6.07, 6.45) is 4.97.